The van der Waals surface area contributed by atoms with Crippen LogP contribution in [0.4, 0.5) is 11.5 Å². The van der Waals surface area contributed by atoms with Gasteiger partial charge in [-0.05, 0) is 25.6 Å². The number of fused-ring (bicyclic) bond motifs is 3. The normalized spacial score (nSPS) is 25.3. The highest BCUT2D eigenvalue weighted by Gasteiger charge is 2.29. The molecule has 0 saturated carbocycles. The molecule has 86 valence electrons. The van der Waals surface area contributed by atoms with Crippen LogP contribution in [-0.2, 0) is 0 Å². The van der Waals surface area contributed by atoms with E-state index in [-0.39, 0.29) is 0 Å². The Labute approximate surface area is 96.3 Å². The van der Waals surface area contributed by atoms with Crippen molar-refractivity contribution in [3.05, 3.63) is 18.3 Å². The van der Waals surface area contributed by atoms with E-state index in [1.54, 1.807) is 0 Å². The number of nitrogens with one attached hydrogen (secondary N) is 1. The van der Waals surface area contributed by atoms with Gasteiger partial charge in [0.2, 0.25) is 0 Å². The van der Waals surface area contributed by atoms with Crippen LogP contribution in [0.1, 0.15) is 6.42 Å². The van der Waals surface area contributed by atoms with Crippen LogP contribution in [0.5, 0.6) is 0 Å². The number of hydrogen-bond donors (Lipinski definition) is 1. The average Bonchev–Trinajstić information content (AvgIpc) is 2.47. The number of hydrogen-bond acceptors (Lipinski definition) is 4. The number of piperazine rings is 1. The minimum absolute atomic E-state index is 0.613. The van der Waals surface area contributed by atoms with E-state index in [4.69, 9.17) is 0 Å². The van der Waals surface area contributed by atoms with Crippen LogP contribution in [0.15, 0.2) is 18.3 Å². The van der Waals surface area contributed by atoms with Crippen LogP contribution in [0, 0.1) is 0 Å². The maximum Gasteiger partial charge on any atom is 0.152 e. The fourth-order valence-corrected chi connectivity index (χ4v) is 2.67. The minimum atomic E-state index is 0.613. The molecule has 1 aromatic rings. The summed E-state index contributed by atoms with van der Waals surface area (Å²) in [6, 6.07) is 4.74. The number of rotatable bonds is 0. The predicted octanol–water partition coefficient (Wildman–Crippen LogP) is 1.02. The van der Waals surface area contributed by atoms with Gasteiger partial charge in [0, 0.05) is 38.4 Å². The van der Waals surface area contributed by atoms with Gasteiger partial charge in [-0.25, -0.2) is 4.98 Å². The third-order valence-electron chi connectivity index (χ3n) is 3.54. The smallest absolute Gasteiger partial charge is 0.152 e. The molecule has 3 rings (SSSR count). The van der Waals surface area contributed by atoms with Crippen LogP contribution in [-0.4, -0.2) is 49.2 Å². The van der Waals surface area contributed by atoms with Gasteiger partial charge in [0.15, 0.2) is 5.82 Å². The molecule has 4 nitrogen and oxygen atoms in total. The quantitative estimate of drug-likeness (QED) is 0.704. The molecule has 0 aromatic carbocycles. The van der Waals surface area contributed by atoms with E-state index >= 15 is 0 Å². The first kappa shape index (κ1) is 9.90. The van der Waals surface area contributed by atoms with E-state index in [1.165, 1.54) is 12.1 Å². The van der Waals surface area contributed by atoms with Gasteiger partial charge in [0.1, 0.15) is 0 Å². The van der Waals surface area contributed by atoms with Crippen molar-refractivity contribution >= 4 is 11.5 Å². The monoisotopic (exact) mass is 218 g/mol. The Balaban J connectivity index is 1.95. The lowest BCUT2D eigenvalue weighted by atomic mass is 10.1. The number of pyridine rings is 1. The van der Waals surface area contributed by atoms with E-state index in [1.807, 2.05) is 12.3 Å². The highest BCUT2D eigenvalue weighted by Crippen LogP contribution is 2.29. The van der Waals surface area contributed by atoms with E-state index in [9.17, 15) is 0 Å². The Morgan fingerprint density at radius 3 is 3.31 bits per heavy atom. The second-order valence-corrected chi connectivity index (χ2v) is 4.70. The molecule has 1 saturated heterocycles. The highest BCUT2D eigenvalue weighted by molar-refractivity contribution is 5.67. The highest BCUT2D eigenvalue weighted by atomic mass is 15.3. The molecule has 0 bridgehead atoms. The van der Waals surface area contributed by atoms with Gasteiger partial charge in [0.25, 0.3) is 0 Å². The van der Waals surface area contributed by atoms with Crippen molar-refractivity contribution < 1.29 is 0 Å². The summed E-state index contributed by atoms with van der Waals surface area (Å²) in [6.45, 7) is 4.42. The van der Waals surface area contributed by atoms with Crippen LogP contribution in [0.3, 0.4) is 0 Å². The molecule has 2 aliphatic rings. The Morgan fingerprint density at radius 2 is 2.38 bits per heavy atom. The Morgan fingerprint density at radius 1 is 1.44 bits per heavy atom. The van der Waals surface area contributed by atoms with Crippen LogP contribution < -0.4 is 10.2 Å². The summed E-state index contributed by atoms with van der Waals surface area (Å²) in [5, 5.41) is 3.47. The maximum absolute atomic E-state index is 4.53. The molecule has 1 aromatic heterocycles. The molecule has 16 heavy (non-hydrogen) atoms. The number of nitrogens with zero attached hydrogens (tertiary/aromatic N) is 3. The van der Waals surface area contributed by atoms with Crippen molar-refractivity contribution in [2.24, 2.45) is 0 Å². The van der Waals surface area contributed by atoms with Crippen molar-refractivity contribution in [1.29, 1.82) is 0 Å². The molecule has 1 unspecified atom stereocenters. The van der Waals surface area contributed by atoms with Crippen molar-refractivity contribution in [2.75, 3.05) is 43.4 Å². The lowest BCUT2D eigenvalue weighted by Crippen LogP contribution is -2.52. The van der Waals surface area contributed by atoms with Crippen LogP contribution >= 0.6 is 0 Å². The van der Waals surface area contributed by atoms with Gasteiger partial charge in [-0.2, -0.15) is 0 Å². The Hall–Kier alpha value is -1.29. The summed E-state index contributed by atoms with van der Waals surface area (Å²) in [6.07, 6.45) is 3.09. The molecule has 4 heteroatoms. The summed E-state index contributed by atoms with van der Waals surface area (Å²) in [5.74, 6) is 1.14. The maximum atomic E-state index is 4.53. The lowest BCUT2D eigenvalue weighted by Gasteiger charge is -2.39. The molecule has 1 atom stereocenters. The summed E-state index contributed by atoms with van der Waals surface area (Å²) in [4.78, 5) is 9.41. The molecule has 0 radical (unpaired) electrons. The SMILES string of the molecule is CN1CCN2c3ncccc3NCCC2C1. The average molecular weight is 218 g/mol. The van der Waals surface area contributed by atoms with E-state index in [0.717, 1.165) is 32.0 Å². The zero-order chi connectivity index (χ0) is 11.0. The van der Waals surface area contributed by atoms with Gasteiger partial charge >= 0.3 is 0 Å². The summed E-state index contributed by atoms with van der Waals surface area (Å²) in [7, 11) is 2.20. The van der Waals surface area contributed by atoms with Gasteiger partial charge < -0.3 is 15.1 Å². The molecule has 1 N–H and O–H groups in total. The largest absolute Gasteiger partial charge is 0.382 e. The van der Waals surface area contributed by atoms with Crippen molar-refractivity contribution in [1.82, 2.24) is 9.88 Å². The third kappa shape index (κ3) is 1.63. The van der Waals surface area contributed by atoms with Gasteiger partial charge in [0.05, 0.1) is 5.69 Å². The zero-order valence-electron chi connectivity index (χ0n) is 9.69. The first-order valence-corrected chi connectivity index (χ1v) is 5.98. The topological polar surface area (TPSA) is 31.4 Å². The summed E-state index contributed by atoms with van der Waals surface area (Å²) >= 11 is 0. The Kier molecular flexibility index (Phi) is 2.44. The molecule has 0 amide bonds. The van der Waals surface area contributed by atoms with Crippen molar-refractivity contribution in [2.45, 2.75) is 12.5 Å². The van der Waals surface area contributed by atoms with Gasteiger partial charge in [-0.1, -0.05) is 0 Å². The third-order valence-corrected chi connectivity index (χ3v) is 3.54. The summed E-state index contributed by atoms with van der Waals surface area (Å²) < 4.78 is 0. The van der Waals surface area contributed by atoms with Crippen molar-refractivity contribution in [3.63, 3.8) is 0 Å². The molecule has 0 spiro atoms. The molecule has 0 aliphatic carbocycles. The number of anilines is 2. The molecule has 3 heterocycles. The molecule has 1 fully saturated rings. The zero-order valence-corrected chi connectivity index (χ0v) is 9.69. The van der Waals surface area contributed by atoms with E-state index in [0.29, 0.717) is 6.04 Å². The standard InChI is InChI=1S/C12H18N4/c1-15-7-8-16-10(9-15)4-6-13-11-3-2-5-14-12(11)16/h2-3,5,10,13H,4,6-9H2,1H3. The molecular weight excluding hydrogens is 200 g/mol. The fraction of sp³-hybridized carbons (Fsp3) is 0.583. The number of aromatic nitrogens is 1. The van der Waals surface area contributed by atoms with Crippen molar-refractivity contribution in [3.8, 4) is 0 Å². The second kappa shape index (κ2) is 3.94. The lowest BCUT2D eigenvalue weighted by molar-refractivity contribution is 0.263. The Bertz CT molecular complexity index is 379. The van der Waals surface area contributed by atoms with Crippen LogP contribution in [0.25, 0.3) is 0 Å². The molecule has 2 aliphatic heterocycles. The summed E-state index contributed by atoms with van der Waals surface area (Å²) in [5.41, 5.74) is 1.19. The van der Waals surface area contributed by atoms with Crippen LogP contribution in [0.2, 0.25) is 0 Å². The first-order chi connectivity index (χ1) is 7.84. The molecular formula is C12H18N4. The predicted molar refractivity (Wildman–Crippen MR) is 66.0 cm³/mol. The van der Waals surface area contributed by atoms with Gasteiger partial charge in [-0.3, -0.25) is 0 Å². The van der Waals surface area contributed by atoms with E-state index < -0.39 is 0 Å². The second-order valence-electron chi connectivity index (χ2n) is 4.70. The van der Waals surface area contributed by atoms with Gasteiger partial charge in [-0.15, -0.1) is 0 Å². The minimum Gasteiger partial charge on any atom is -0.382 e. The number of likely N-dealkylation sites (N-methyl/N-ethyl adjacent to an activating group) is 1. The van der Waals surface area contributed by atoms with E-state index in [2.05, 4.69) is 33.2 Å². The fourth-order valence-electron chi connectivity index (χ4n) is 2.67. The first-order valence-electron chi connectivity index (χ1n) is 5.98.